The van der Waals surface area contributed by atoms with Crippen molar-refractivity contribution in [3.8, 4) is 0 Å². The van der Waals surface area contributed by atoms with E-state index in [1.807, 2.05) is 20.8 Å². The molecule has 1 spiro atoms. The molecule has 0 bridgehead atoms. The van der Waals surface area contributed by atoms with Crippen LogP contribution in [0.3, 0.4) is 0 Å². The third-order valence-electron chi connectivity index (χ3n) is 4.41. The van der Waals surface area contributed by atoms with Crippen molar-refractivity contribution in [3.63, 3.8) is 0 Å². The largest absolute Gasteiger partial charge is 0.593 e. The van der Waals surface area contributed by atoms with Crippen molar-refractivity contribution >= 4 is 23.1 Å². The second kappa shape index (κ2) is 5.34. The van der Waals surface area contributed by atoms with Crippen molar-refractivity contribution in [3.05, 3.63) is 34.7 Å². The lowest BCUT2D eigenvalue weighted by Gasteiger charge is -2.37. The first-order chi connectivity index (χ1) is 9.92. The molecule has 1 atom stereocenters. The molecule has 1 aromatic rings. The number of piperidine rings is 1. The fourth-order valence-corrected chi connectivity index (χ4v) is 3.96. The summed E-state index contributed by atoms with van der Waals surface area (Å²) in [6.45, 7) is 8.05. The Kier molecular flexibility index (Phi) is 3.80. The molecule has 0 aromatic heterocycles. The first kappa shape index (κ1) is 14.9. The number of hydrogen-bond acceptors (Lipinski definition) is 3. The highest BCUT2D eigenvalue weighted by Gasteiger charge is 2.40. The Bertz CT molecular complexity index is 641. The molecule has 1 aliphatic heterocycles. The van der Waals surface area contributed by atoms with Crippen LogP contribution in [-0.4, -0.2) is 22.4 Å². The molecule has 3 nitrogen and oxygen atoms in total. The maximum absolute atomic E-state index is 12.6. The summed E-state index contributed by atoms with van der Waals surface area (Å²) < 4.78 is 15.7. The third-order valence-corrected chi connectivity index (χ3v) is 5.91. The molecule has 1 aromatic carbocycles. The SMILES string of the molecule is CC(C)(C)[S+]([O-])NC1=c2ccccc2=CC12CCNCC2. The number of rotatable bonds is 2. The van der Waals surface area contributed by atoms with Gasteiger partial charge in [-0.25, -0.2) is 4.72 Å². The summed E-state index contributed by atoms with van der Waals surface area (Å²) in [7, 11) is 0. The Labute approximate surface area is 129 Å². The second-order valence-corrected chi connectivity index (χ2v) is 8.96. The summed E-state index contributed by atoms with van der Waals surface area (Å²) in [4.78, 5) is 0. The zero-order valence-electron chi connectivity index (χ0n) is 13.0. The molecule has 1 fully saturated rings. The monoisotopic (exact) mass is 304 g/mol. The van der Waals surface area contributed by atoms with E-state index in [0.717, 1.165) is 31.6 Å². The Morgan fingerprint density at radius 1 is 1.19 bits per heavy atom. The molecule has 1 unspecified atom stereocenters. The minimum atomic E-state index is -1.09. The zero-order valence-corrected chi connectivity index (χ0v) is 13.8. The number of fused-ring (bicyclic) bond motifs is 1. The molecule has 0 saturated carbocycles. The quantitative estimate of drug-likeness (QED) is 0.802. The van der Waals surface area contributed by atoms with E-state index in [2.05, 4.69) is 40.4 Å². The van der Waals surface area contributed by atoms with Gasteiger partial charge in [0.25, 0.3) is 0 Å². The van der Waals surface area contributed by atoms with Gasteiger partial charge in [-0.05, 0) is 51.9 Å². The summed E-state index contributed by atoms with van der Waals surface area (Å²) in [6.07, 6.45) is 4.50. The van der Waals surface area contributed by atoms with Gasteiger partial charge in [0, 0.05) is 10.6 Å². The third kappa shape index (κ3) is 2.72. The zero-order chi connectivity index (χ0) is 15.1. The summed E-state index contributed by atoms with van der Waals surface area (Å²) in [6, 6.07) is 8.45. The van der Waals surface area contributed by atoms with Gasteiger partial charge in [-0.3, -0.25) is 0 Å². The van der Waals surface area contributed by atoms with Crippen LogP contribution in [0.1, 0.15) is 33.6 Å². The van der Waals surface area contributed by atoms with Crippen LogP contribution in [0.4, 0.5) is 0 Å². The van der Waals surface area contributed by atoms with Gasteiger partial charge in [0.2, 0.25) is 0 Å². The number of hydrogen-bond donors (Lipinski definition) is 2. The summed E-state index contributed by atoms with van der Waals surface area (Å²) in [5.41, 5.74) is 1.18. The molecule has 114 valence electrons. The Morgan fingerprint density at radius 2 is 1.86 bits per heavy atom. The average molecular weight is 304 g/mol. The lowest BCUT2D eigenvalue weighted by Crippen LogP contribution is -2.46. The number of benzene rings is 1. The summed E-state index contributed by atoms with van der Waals surface area (Å²) in [5.74, 6) is 0. The van der Waals surface area contributed by atoms with Gasteiger partial charge < -0.3 is 9.87 Å². The van der Waals surface area contributed by atoms with Crippen molar-refractivity contribution in [2.45, 2.75) is 38.4 Å². The van der Waals surface area contributed by atoms with Crippen molar-refractivity contribution in [2.75, 3.05) is 13.1 Å². The highest BCUT2D eigenvalue weighted by atomic mass is 32.2. The minimum Gasteiger partial charge on any atom is -0.593 e. The lowest BCUT2D eigenvalue weighted by molar-refractivity contribution is 0.370. The Morgan fingerprint density at radius 3 is 2.52 bits per heavy atom. The van der Waals surface area contributed by atoms with Crippen LogP contribution in [0.25, 0.3) is 11.8 Å². The lowest BCUT2D eigenvalue weighted by atomic mass is 9.78. The van der Waals surface area contributed by atoms with Crippen LogP contribution in [0.5, 0.6) is 0 Å². The highest BCUT2D eigenvalue weighted by molar-refractivity contribution is 7.91. The molecule has 0 radical (unpaired) electrons. The standard InChI is InChI=1S/C17H24N2OS/c1-16(2,3)21(20)19-15-14-7-5-4-6-13(14)12-17(15)8-10-18-11-9-17/h4-7,12,18-19H,8-11H2,1-3H3. The van der Waals surface area contributed by atoms with Gasteiger partial charge >= 0.3 is 0 Å². The Hall–Kier alpha value is -0.970. The fourth-order valence-electron chi connectivity index (χ4n) is 3.16. The first-order valence-corrected chi connectivity index (χ1v) is 8.79. The van der Waals surface area contributed by atoms with E-state index in [9.17, 15) is 4.55 Å². The topological polar surface area (TPSA) is 47.1 Å². The fraction of sp³-hybridized carbons (Fsp3) is 0.529. The predicted molar refractivity (Wildman–Crippen MR) is 89.1 cm³/mol. The van der Waals surface area contributed by atoms with Crippen LogP contribution >= 0.6 is 0 Å². The molecular weight excluding hydrogens is 280 g/mol. The van der Waals surface area contributed by atoms with E-state index >= 15 is 0 Å². The van der Waals surface area contributed by atoms with Crippen LogP contribution in [-0.2, 0) is 11.4 Å². The van der Waals surface area contributed by atoms with Gasteiger partial charge in [0.15, 0.2) is 0 Å². The van der Waals surface area contributed by atoms with Crippen molar-refractivity contribution < 1.29 is 4.55 Å². The molecule has 1 heterocycles. The van der Waals surface area contributed by atoms with Crippen LogP contribution in [0, 0.1) is 5.41 Å². The molecule has 4 heteroatoms. The van der Waals surface area contributed by atoms with E-state index in [1.54, 1.807) is 0 Å². The van der Waals surface area contributed by atoms with E-state index in [0.29, 0.717) is 0 Å². The van der Waals surface area contributed by atoms with Gasteiger partial charge in [0.05, 0.1) is 17.1 Å². The van der Waals surface area contributed by atoms with Crippen molar-refractivity contribution in [2.24, 2.45) is 5.41 Å². The van der Waals surface area contributed by atoms with Crippen LogP contribution < -0.4 is 20.5 Å². The second-order valence-electron chi connectivity index (χ2n) is 7.00. The van der Waals surface area contributed by atoms with E-state index in [1.165, 1.54) is 10.4 Å². The summed E-state index contributed by atoms with van der Waals surface area (Å²) >= 11 is -1.09. The van der Waals surface area contributed by atoms with E-state index in [4.69, 9.17) is 0 Å². The minimum absolute atomic E-state index is 0.0237. The normalized spacial score (nSPS) is 21.8. The van der Waals surface area contributed by atoms with Crippen LogP contribution in [0.15, 0.2) is 24.3 Å². The first-order valence-electron chi connectivity index (χ1n) is 7.64. The van der Waals surface area contributed by atoms with Crippen molar-refractivity contribution in [1.82, 2.24) is 10.0 Å². The molecule has 1 saturated heterocycles. The predicted octanol–water partition coefficient (Wildman–Crippen LogP) is 1.01. The highest BCUT2D eigenvalue weighted by Crippen LogP contribution is 2.40. The molecular formula is C17H24N2OS. The maximum Gasteiger partial charge on any atom is 0.142 e. The van der Waals surface area contributed by atoms with Gasteiger partial charge in [-0.1, -0.05) is 30.3 Å². The molecule has 2 aliphatic rings. The molecule has 3 rings (SSSR count). The maximum atomic E-state index is 12.6. The van der Waals surface area contributed by atoms with Crippen LogP contribution in [0.2, 0.25) is 0 Å². The summed E-state index contributed by atoms with van der Waals surface area (Å²) in [5, 5.41) is 5.92. The smallest absolute Gasteiger partial charge is 0.142 e. The molecule has 21 heavy (non-hydrogen) atoms. The Balaban J connectivity index is 2.06. The van der Waals surface area contributed by atoms with E-state index in [-0.39, 0.29) is 10.2 Å². The van der Waals surface area contributed by atoms with Crippen molar-refractivity contribution in [1.29, 1.82) is 0 Å². The van der Waals surface area contributed by atoms with Gasteiger partial charge in [-0.15, -0.1) is 0 Å². The van der Waals surface area contributed by atoms with Gasteiger partial charge in [-0.2, -0.15) is 0 Å². The molecule has 1 aliphatic carbocycles. The molecule has 2 N–H and O–H groups in total. The average Bonchev–Trinajstić information content (AvgIpc) is 2.72. The van der Waals surface area contributed by atoms with Gasteiger partial charge in [0.1, 0.15) is 4.75 Å². The molecule has 0 amide bonds. The number of nitrogens with one attached hydrogen (secondary N) is 2. The van der Waals surface area contributed by atoms with E-state index < -0.39 is 11.4 Å².